The molecule has 2 rings (SSSR count). The number of dihydropyridines is 1. The van der Waals surface area contributed by atoms with Gasteiger partial charge in [-0.3, -0.25) is 0 Å². The normalized spacial score (nSPS) is 26.2. The highest BCUT2D eigenvalue weighted by Crippen LogP contribution is 2.34. The molecular weight excluding hydrogens is 230 g/mol. The Morgan fingerprint density at radius 1 is 1.32 bits per heavy atom. The molecule has 1 unspecified atom stereocenters. The summed E-state index contributed by atoms with van der Waals surface area (Å²) in [4.78, 5) is 0. The van der Waals surface area contributed by atoms with Crippen LogP contribution in [-0.2, 0) is 0 Å². The lowest BCUT2D eigenvalue weighted by Gasteiger charge is -2.30. The Morgan fingerprint density at radius 3 is 2.63 bits per heavy atom. The van der Waals surface area contributed by atoms with Gasteiger partial charge in [0.1, 0.15) is 0 Å². The van der Waals surface area contributed by atoms with Gasteiger partial charge in [0.15, 0.2) is 0 Å². The largest absolute Gasteiger partial charge is 0.382 e. The zero-order valence-electron chi connectivity index (χ0n) is 13.1. The maximum Gasteiger partial charge on any atom is 0.0419 e. The third kappa shape index (κ3) is 3.52. The van der Waals surface area contributed by atoms with Crippen LogP contribution >= 0.6 is 0 Å². The highest BCUT2D eigenvalue weighted by atomic mass is 14.9. The van der Waals surface area contributed by atoms with Crippen LogP contribution < -0.4 is 5.32 Å². The Hall–Kier alpha value is -0.980. The molecule has 1 aliphatic heterocycles. The molecule has 0 aromatic carbocycles. The predicted molar refractivity (Wildman–Crippen MR) is 84.0 cm³/mol. The second kappa shape index (κ2) is 6.45. The van der Waals surface area contributed by atoms with E-state index in [0.717, 1.165) is 5.92 Å². The summed E-state index contributed by atoms with van der Waals surface area (Å²) in [5, 5.41) is 3.72. The average molecular weight is 259 g/mol. The average Bonchev–Trinajstić information content (AvgIpc) is 2.38. The first-order valence-corrected chi connectivity index (χ1v) is 7.93. The summed E-state index contributed by atoms with van der Waals surface area (Å²) >= 11 is 0. The molecule has 1 heteroatoms. The second-order valence-electron chi connectivity index (χ2n) is 6.32. The van der Waals surface area contributed by atoms with Crippen LogP contribution in [-0.4, -0.2) is 6.04 Å². The summed E-state index contributed by atoms with van der Waals surface area (Å²) in [6.07, 6.45) is 13.0. The Labute approximate surface area is 118 Å². The lowest BCUT2D eigenvalue weighted by atomic mass is 9.83. The smallest absolute Gasteiger partial charge is 0.0419 e. The molecular formula is C18H29N. The highest BCUT2D eigenvalue weighted by Gasteiger charge is 2.22. The highest BCUT2D eigenvalue weighted by molar-refractivity contribution is 5.50. The zero-order chi connectivity index (χ0) is 13.8. The van der Waals surface area contributed by atoms with Crippen molar-refractivity contribution < 1.29 is 0 Å². The monoisotopic (exact) mass is 259 g/mol. The van der Waals surface area contributed by atoms with Gasteiger partial charge in [0.25, 0.3) is 0 Å². The van der Waals surface area contributed by atoms with Gasteiger partial charge in [0.05, 0.1) is 0 Å². The molecule has 1 aliphatic carbocycles. The van der Waals surface area contributed by atoms with Gasteiger partial charge in [-0.15, -0.1) is 0 Å². The minimum atomic E-state index is 0.479. The van der Waals surface area contributed by atoms with Crippen LogP contribution in [0, 0.1) is 5.92 Å². The third-order valence-electron chi connectivity index (χ3n) is 4.64. The fourth-order valence-corrected chi connectivity index (χ4v) is 3.62. The molecule has 1 atom stereocenters. The van der Waals surface area contributed by atoms with Gasteiger partial charge in [-0.25, -0.2) is 0 Å². The van der Waals surface area contributed by atoms with Crippen molar-refractivity contribution >= 4 is 0 Å². The summed E-state index contributed by atoms with van der Waals surface area (Å²) in [5.41, 5.74) is 5.84. The van der Waals surface area contributed by atoms with Crippen molar-refractivity contribution in [2.45, 2.75) is 72.3 Å². The maximum atomic E-state index is 3.72. The molecule has 106 valence electrons. The second-order valence-corrected chi connectivity index (χ2v) is 6.32. The molecule has 0 spiro atoms. The van der Waals surface area contributed by atoms with Gasteiger partial charge in [-0.2, -0.15) is 0 Å². The zero-order valence-corrected chi connectivity index (χ0v) is 13.1. The Balaban J connectivity index is 2.22. The van der Waals surface area contributed by atoms with E-state index in [1.165, 1.54) is 60.9 Å². The van der Waals surface area contributed by atoms with Crippen LogP contribution in [0.5, 0.6) is 0 Å². The summed E-state index contributed by atoms with van der Waals surface area (Å²) in [5.74, 6) is 0.897. The van der Waals surface area contributed by atoms with Crippen molar-refractivity contribution in [3.63, 3.8) is 0 Å². The molecule has 0 saturated heterocycles. The van der Waals surface area contributed by atoms with E-state index in [0.29, 0.717) is 6.04 Å². The Kier molecular flexibility index (Phi) is 4.90. The quantitative estimate of drug-likeness (QED) is 0.742. The minimum absolute atomic E-state index is 0.479. The lowest BCUT2D eigenvalue weighted by molar-refractivity contribution is 0.348. The molecule has 2 aliphatic rings. The van der Waals surface area contributed by atoms with Crippen molar-refractivity contribution in [2.75, 3.05) is 0 Å². The molecule has 1 heterocycles. The standard InChI is InChI=1S/C18H29N/c1-5-13(2)18-14(3)11-15(4)19-17(18)12-16-9-7-6-8-10-16/h5,11,15-16,19H,6-10,12H2,1-4H3/b13-5+. The maximum absolute atomic E-state index is 3.72. The third-order valence-corrected chi connectivity index (χ3v) is 4.64. The van der Waals surface area contributed by atoms with Crippen molar-refractivity contribution in [1.29, 1.82) is 0 Å². The number of allylic oxidation sites excluding steroid dienone is 5. The minimum Gasteiger partial charge on any atom is -0.382 e. The first-order chi connectivity index (χ1) is 9.11. The lowest BCUT2D eigenvalue weighted by Crippen LogP contribution is -2.30. The van der Waals surface area contributed by atoms with Gasteiger partial charge in [-0.05, 0) is 56.8 Å². The van der Waals surface area contributed by atoms with E-state index < -0.39 is 0 Å². The van der Waals surface area contributed by atoms with Crippen LogP contribution in [0.1, 0.15) is 66.2 Å². The molecule has 19 heavy (non-hydrogen) atoms. The van der Waals surface area contributed by atoms with E-state index >= 15 is 0 Å². The van der Waals surface area contributed by atoms with Crippen LogP contribution in [0.3, 0.4) is 0 Å². The number of hydrogen-bond acceptors (Lipinski definition) is 1. The number of rotatable bonds is 3. The van der Waals surface area contributed by atoms with E-state index in [9.17, 15) is 0 Å². The first-order valence-electron chi connectivity index (χ1n) is 7.93. The van der Waals surface area contributed by atoms with Crippen LogP contribution in [0.25, 0.3) is 0 Å². The SMILES string of the molecule is C/C=C(\C)C1=C(CC2CCCCC2)NC(C)C=C1C. The first kappa shape index (κ1) is 14.4. The summed E-state index contributed by atoms with van der Waals surface area (Å²) in [7, 11) is 0. The van der Waals surface area contributed by atoms with E-state index in [1.54, 1.807) is 0 Å². The molecule has 1 saturated carbocycles. The molecule has 0 bridgehead atoms. The Bertz CT molecular complexity index is 405. The molecule has 0 aromatic rings. The summed E-state index contributed by atoms with van der Waals surface area (Å²) < 4.78 is 0. The summed E-state index contributed by atoms with van der Waals surface area (Å²) in [6.45, 7) is 8.91. The molecule has 0 radical (unpaired) electrons. The van der Waals surface area contributed by atoms with Gasteiger partial charge < -0.3 is 5.32 Å². The Morgan fingerprint density at radius 2 is 2.00 bits per heavy atom. The van der Waals surface area contributed by atoms with E-state index in [-0.39, 0.29) is 0 Å². The number of nitrogens with one attached hydrogen (secondary N) is 1. The topological polar surface area (TPSA) is 12.0 Å². The van der Waals surface area contributed by atoms with E-state index in [2.05, 4.69) is 45.2 Å². The van der Waals surface area contributed by atoms with Gasteiger partial charge in [0.2, 0.25) is 0 Å². The fraction of sp³-hybridized carbons (Fsp3) is 0.667. The van der Waals surface area contributed by atoms with E-state index in [4.69, 9.17) is 0 Å². The molecule has 1 N–H and O–H groups in total. The van der Waals surface area contributed by atoms with E-state index in [1.807, 2.05) is 0 Å². The fourth-order valence-electron chi connectivity index (χ4n) is 3.62. The van der Waals surface area contributed by atoms with Gasteiger partial charge >= 0.3 is 0 Å². The van der Waals surface area contributed by atoms with Crippen LogP contribution in [0.4, 0.5) is 0 Å². The van der Waals surface area contributed by atoms with Gasteiger partial charge in [-0.1, -0.05) is 44.3 Å². The van der Waals surface area contributed by atoms with Gasteiger partial charge in [0, 0.05) is 11.7 Å². The van der Waals surface area contributed by atoms with Crippen LogP contribution in [0.15, 0.2) is 34.6 Å². The molecule has 1 fully saturated rings. The molecule has 0 aromatic heterocycles. The van der Waals surface area contributed by atoms with Crippen molar-refractivity contribution in [3.05, 3.63) is 34.6 Å². The van der Waals surface area contributed by atoms with Crippen molar-refractivity contribution in [3.8, 4) is 0 Å². The summed E-state index contributed by atoms with van der Waals surface area (Å²) in [6, 6.07) is 0.479. The van der Waals surface area contributed by atoms with Crippen LogP contribution in [0.2, 0.25) is 0 Å². The molecule has 0 amide bonds. The van der Waals surface area contributed by atoms with Crippen molar-refractivity contribution in [1.82, 2.24) is 5.32 Å². The molecule has 1 nitrogen and oxygen atoms in total. The number of hydrogen-bond donors (Lipinski definition) is 1. The van der Waals surface area contributed by atoms with Crippen molar-refractivity contribution in [2.24, 2.45) is 5.92 Å². The predicted octanol–water partition coefficient (Wildman–Crippen LogP) is 5.12.